The van der Waals surface area contributed by atoms with E-state index in [-0.39, 0.29) is 12.5 Å². The van der Waals surface area contributed by atoms with Gasteiger partial charge in [0.05, 0.1) is 6.42 Å². The van der Waals surface area contributed by atoms with Gasteiger partial charge in [0.1, 0.15) is 0 Å². The summed E-state index contributed by atoms with van der Waals surface area (Å²) in [7, 11) is 0. The summed E-state index contributed by atoms with van der Waals surface area (Å²) in [6.45, 7) is 5.43. The summed E-state index contributed by atoms with van der Waals surface area (Å²) in [5, 5.41) is 14.3. The van der Waals surface area contributed by atoms with E-state index in [1.165, 1.54) is 0 Å². The number of hydrogen-bond donors (Lipinski definition) is 3. The second kappa shape index (κ2) is 6.93. The lowest BCUT2D eigenvalue weighted by Gasteiger charge is -2.24. The van der Waals surface area contributed by atoms with E-state index in [2.05, 4.69) is 17.6 Å². The van der Waals surface area contributed by atoms with E-state index in [1.54, 1.807) is 13.8 Å². The fourth-order valence-corrected chi connectivity index (χ4v) is 2.01. The zero-order chi connectivity index (χ0) is 15.2. The van der Waals surface area contributed by atoms with E-state index in [9.17, 15) is 9.59 Å². The molecule has 1 rings (SSSR count). The molecule has 110 valence electrons. The first-order valence-electron chi connectivity index (χ1n) is 6.73. The summed E-state index contributed by atoms with van der Waals surface area (Å²) < 4.78 is 0. The number of carbonyl (C=O) groups is 2. The van der Waals surface area contributed by atoms with Crippen LogP contribution in [0.25, 0.3) is 0 Å². The Hall–Kier alpha value is -2.04. The van der Waals surface area contributed by atoms with Crippen LogP contribution in [0, 0.1) is 0 Å². The Balaban J connectivity index is 2.69. The first-order valence-corrected chi connectivity index (χ1v) is 6.73. The maximum Gasteiger partial charge on any atom is 0.319 e. The van der Waals surface area contributed by atoms with Gasteiger partial charge in [0.15, 0.2) is 0 Å². The van der Waals surface area contributed by atoms with Crippen LogP contribution in [0.4, 0.5) is 10.5 Å². The Morgan fingerprint density at radius 2 is 1.90 bits per heavy atom. The first-order chi connectivity index (χ1) is 9.34. The molecule has 0 bridgehead atoms. The van der Waals surface area contributed by atoms with Gasteiger partial charge in [-0.15, -0.1) is 0 Å². The highest BCUT2D eigenvalue weighted by atomic mass is 16.4. The summed E-state index contributed by atoms with van der Waals surface area (Å²) >= 11 is 0. The number of urea groups is 1. The molecule has 20 heavy (non-hydrogen) atoms. The van der Waals surface area contributed by atoms with Gasteiger partial charge < -0.3 is 15.7 Å². The van der Waals surface area contributed by atoms with Crippen LogP contribution in [0.1, 0.15) is 39.2 Å². The van der Waals surface area contributed by atoms with Crippen molar-refractivity contribution in [3.8, 4) is 0 Å². The van der Waals surface area contributed by atoms with Gasteiger partial charge in [0.25, 0.3) is 0 Å². The minimum atomic E-state index is -0.943. The molecule has 0 aliphatic carbocycles. The van der Waals surface area contributed by atoms with Crippen molar-refractivity contribution in [3.05, 3.63) is 29.8 Å². The maximum atomic E-state index is 12.0. The van der Waals surface area contributed by atoms with Gasteiger partial charge in [-0.3, -0.25) is 4.79 Å². The number of amides is 2. The molecule has 5 heteroatoms. The van der Waals surface area contributed by atoms with Crippen molar-refractivity contribution in [2.45, 2.75) is 45.6 Å². The van der Waals surface area contributed by atoms with Crippen molar-refractivity contribution in [3.63, 3.8) is 0 Å². The normalized spacial score (nSPS) is 10.9. The number of benzene rings is 1. The number of nitrogens with one attached hydrogen (secondary N) is 2. The third-order valence-corrected chi connectivity index (χ3v) is 2.83. The van der Waals surface area contributed by atoms with Gasteiger partial charge in [0.2, 0.25) is 0 Å². The highest BCUT2D eigenvalue weighted by molar-refractivity contribution is 5.90. The molecule has 1 aromatic carbocycles. The Labute approximate surface area is 119 Å². The van der Waals surface area contributed by atoms with Crippen LogP contribution in [0.5, 0.6) is 0 Å². The molecule has 0 aromatic heterocycles. The van der Waals surface area contributed by atoms with Crippen molar-refractivity contribution < 1.29 is 14.7 Å². The number of carboxylic acid groups (broad SMARTS) is 1. The van der Waals surface area contributed by atoms with Crippen molar-refractivity contribution in [1.82, 2.24) is 5.32 Å². The fraction of sp³-hybridized carbons (Fsp3) is 0.467. The highest BCUT2D eigenvalue weighted by Gasteiger charge is 2.24. The minimum Gasteiger partial charge on any atom is -0.481 e. The molecule has 0 aliphatic heterocycles. The van der Waals surface area contributed by atoms with Crippen molar-refractivity contribution in [2.24, 2.45) is 0 Å². The third kappa shape index (κ3) is 5.30. The number of para-hydroxylation sites is 1. The largest absolute Gasteiger partial charge is 0.481 e. The molecule has 5 nitrogen and oxygen atoms in total. The molecule has 0 atom stereocenters. The van der Waals surface area contributed by atoms with Gasteiger partial charge in [-0.1, -0.05) is 31.5 Å². The van der Waals surface area contributed by atoms with Crippen LogP contribution in [-0.2, 0) is 11.2 Å². The Morgan fingerprint density at radius 3 is 2.50 bits per heavy atom. The van der Waals surface area contributed by atoms with E-state index in [0.29, 0.717) is 0 Å². The molecule has 0 heterocycles. The molecule has 0 unspecified atom stereocenters. The van der Waals surface area contributed by atoms with Gasteiger partial charge in [-0.25, -0.2) is 4.79 Å². The SMILES string of the molecule is CCCc1ccccc1NC(=O)NC(C)(C)CC(=O)O. The topological polar surface area (TPSA) is 78.4 Å². The molecule has 0 saturated heterocycles. The maximum absolute atomic E-state index is 12.0. The summed E-state index contributed by atoms with van der Waals surface area (Å²) in [6, 6.07) is 7.22. The van der Waals surface area contributed by atoms with E-state index in [4.69, 9.17) is 5.11 Å². The van der Waals surface area contributed by atoms with E-state index >= 15 is 0 Å². The average Bonchev–Trinajstić information content (AvgIpc) is 2.29. The van der Waals surface area contributed by atoms with Crippen LogP contribution in [0.3, 0.4) is 0 Å². The molecule has 0 spiro atoms. The van der Waals surface area contributed by atoms with Crippen molar-refractivity contribution in [2.75, 3.05) is 5.32 Å². The van der Waals surface area contributed by atoms with Gasteiger partial charge in [0, 0.05) is 11.2 Å². The lowest BCUT2D eigenvalue weighted by molar-refractivity contribution is -0.138. The molecule has 0 radical (unpaired) electrons. The quantitative estimate of drug-likeness (QED) is 0.748. The molecule has 3 N–H and O–H groups in total. The molecule has 0 fully saturated rings. The Bertz CT molecular complexity index is 484. The van der Waals surface area contributed by atoms with Crippen LogP contribution in [-0.4, -0.2) is 22.6 Å². The van der Waals surface area contributed by atoms with E-state index in [0.717, 1.165) is 24.1 Å². The summed E-state index contributed by atoms with van der Waals surface area (Å²) in [5.41, 5.74) is 1.04. The van der Waals surface area contributed by atoms with Gasteiger partial charge in [-0.2, -0.15) is 0 Å². The lowest BCUT2D eigenvalue weighted by atomic mass is 10.0. The predicted octanol–water partition coefficient (Wildman–Crippen LogP) is 3.01. The zero-order valence-corrected chi connectivity index (χ0v) is 12.2. The monoisotopic (exact) mass is 278 g/mol. The number of aliphatic carboxylic acids is 1. The summed E-state index contributed by atoms with van der Waals surface area (Å²) in [5.74, 6) is -0.943. The van der Waals surface area contributed by atoms with Gasteiger partial charge in [-0.05, 0) is 31.9 Å². The lowest BCUT2D eigenvalue weighted by Crippen LogP contribution is -2.46. The van der Waals surface area contributed by atoms with Crippen LogP contribution in [0.2, 0.25) is 0 Å². The minimum absolute atomic E-state index is 0.128. The number of aryl methyl sites for hydroxylation is 1. The van der Waals surface area contributed by atoms with Crippen molar-refractivity contribution in [1.29, 1.82) is 0 Å². The smallest absolute Gasteiger partial charge is 0.319 e. The first kappa shape index (κ1) is 16.0. The van der Waals surface area contributed by atoms with Gasteiger partial charge >= 0.3 is 12.0 Å². The predicted molar refractivity (Wildman–Crippen MR) is 78.9 cm³/mol. The Morgan fingerprint density at radius 1 is 1.25 bits per heavy atom. The molecular formula is C15H22N2O3. The fourth-order valence-electron chi connectivity index (χ4n) is 2.01. The molecular weight excluding hydrogens is 256 g/mol. The number of anilines is 1. The number of hydrogen-bond acceptors (Lipinski definition) is 2. The summed E-state index contributed by atoms with van der Waals surface area (Å²) in [4.78, 5) is 22.7. The van der Waals surface area contributed by atoms with E-state index < -0.39 is 11.5 Å². The molecule has 0 saturated carbocycles. The Kier molecular flexibility index (Phi) is 5.55. The standard InChI is InChI=1S/C15H22N2O3/c1-4-7-11-8-5-6-9-12(11)16-14(20)17-15(2,3)10-13(18)19/h5-6,8-9H,4,7,10H2,1-3H3,(H,18,19)(H2,16,17,20). The molecule has 2 amide bonds. The number of carbonyl (C=O) groups excluding carboxylic acids is 1. The summed E-state index contributed by atoms with van der Waals surface area (Å²) in [6.07, 6.45) is 1.75. The molecule has 0 aliphatic rings. The number of rotatable bonds is 6. The van der Waals surface area contributed by atoms with Crippen LogP contribution >= 0.6 is 0 Å². The van der Waals surface area contributed by atoms with Crippen LogP contribution < -0.4 is 10.6 Å². The number of carboxylic acids is 1. The second-order valence-corrected chi connectivity index (χ2v) is 5.44. The van der Waals surface area contributed by atoms with Crippen molar-refractivity contribution >= 4 is 17.7 Å². The molecule has 1 aromatic rings. The van der Waals surface area contributed by atoms with E-state index in [1.807, 2.05) is 24.3 Å². The average molecular weight is 278 g/mol. The zero-order valence-electron chi connectivity index (χ0n) is 12.2. The second-order valence-electron chi connectivity index (χ2n) is 5.44. The highest BCUT2D eigenvalue weighted by Crippen LogP contribution is 2.17. The third-order valence-electron chi connectivity index (χ3n) is 2.83. The van der Waals surface area contributed by atoms with Crippen LogP contribution in [0.15, 0.2) is 24.3 Å².